The second kappa shape index (κ2) is 10.6. The number of carbonyl (C=O) groups excluding carboxylic acids is 2. The van der Waals surface area contributed by atoms with Gasteiger partial charge >= 0.3 is 0 Å². The van der Waals surface area contributed by atoms with E-state index < -0.39 is 0 Å². The highest BCUT2D eigenvalue weighted by molar-refractivity contribution is 6.06. The summed E-state index contributed by atoms with van der Waals surface area (Å²) in [6.07, 6.45) is 8.28. The molecule has 2 amide bonds. The van der Waals surface area contributed by atoms with Gasteiger partial charge in [-0.05, 0) is 69.0 Å². The van der Waals surface area contributed by atoms with Gasteiger partial charge in [0.25, 0.3) is 5.91 Å². The van der Waals surface area contributed by atoms with Crippen LogP contribution in [0.4, 0.5) is 11.4 Å². The Balaban J connectivity index is 1.49. The summed E-state index contributed by atoms with van der Waals surface area (Å²) in [6, 6.07) is 16.5. The molecular weight excluding hydrogens is 362 g/mol. The lowest BCUT2D eigenvalue weighted by Crippen LogP contribution is -2.29. The van der Waals surface area contributed by atoms with Crippen molar-refractivity contribution in [2.75, 3.05) is 30.4 Å². The number of hydrogen-bond donors (Lipinski definition) is 2. The third kappa shape index (κ3) is 6.29. The maximum absolute atomic E-state index is 12.7. The minimum atomic E-state index is -0.119. The maximum Gasteiger partial charge on any atom is 0.258 e. The number of amides is 2. The molecule has 29 heavy (non-hydrogen) atoms. The quantitative estimate of drug-likeness (QED) is 0.518. The van der Waals surface area contributed by atoms with Crippen LogP contribution in [0.15, 0.2) is 66.2 Å². The van der Waals surface area contributed by atoms with Crippen molar-refractivity contribution in [2.24, 2.45) is 0 Å². The molecule has 5 nitrogen and oxygen atoms in total. The van der Waals surface area contributed by atoms with Gasteiger partial charge < -0.3 is 15.5 Å². The highest BCUT2D eigenvalue weighted by Gasteiger charge is 2.14. The third-order valence-corrected chi connectivity index (χ3v) is 5.13. The number of nitrogens with zero attached hydrogens (tertiary/aromatic N) is 1. The molecule has 0 fully saturated rings. The van der Waals surface area contributed by atoms with Gasteiger partial charge in [0.2, 0.25) is 5.91 Å². The van der Waals surface area contributed by atoms with E-state index in [1.807, 2.05) is 30.3 Å². The number of carbonyl (C=O) groups is 2. The molecular formula is C24H29N3O2. The van der Waals surface area contributed by atoms with Gasteiger partial charge in [0, 0.05) is 24.0 Å². The number of benzene rings is 2. The lowest BCUT2D eigenvalue weighted by molar-refractivity contribution is -0.115. The van der Waals surface area contributed by atoms with Crippen LogP contribution in [-0.4, -0.2) is 32.0 Å². The average Bonchev–Trinajstić information content (AvgIpc) is 2.77. The van der Waals surface area contributed by atoms with Crippen LogP contribution in [0.3, 0.4) is 0 Å². The first-order valence-corrected chi connectivity index (χ1v) is 10.2. The number of hydrogen-bond acceptors (Lipinski definition) is 3. The standard InChI is InChI=1S/C24H29N3O2/c1-27(22-13-6-3-7-14-22)24(29)20-11-8-12-21(17-20)26-23(28)18-25-16-15-19-9-4-2-5-10-19/h3,6-9,11-14,17,25H,2,4-5,10,15-16,18H2,1H3,(H,26,28). The summed E-state index contributed by atoms with van der Waals surface area (Å²) in [5, 5.41) is 6.07. The fourth-order valence-corrected chi connectivity index (χ4v) is 3.48. The van der Waals surface area contributed by atoms with Gasteiger partial charge in [0.1, 0.15) is 0 Å². The SMILES string of the molecule is CN(C(=O)c1cccc(NC(=O)CNCCC2=CCCCC2)c1)c1ccccc1. The van der Waals surface area contributed by atoms with E-state index in [2.05, 4.69) is 16.7 Å². The van der Waals surface area contributed by atoms with Gasteiger partial charge in [-0.25, -0.2) is 0 Å². The first-order valence-electron chi connectivity index (χ1n) is 10.2. The van der Waals surface area contributed by atoms with Crippen LogP contribution in [0.2, 0.25) is 0 Å². The van der Waals surface area contributed by atoms with Crippen LogP contribution < -0.4 is 15.5 Å². The van der Waals surface area contributed by atoms with Crippen LogP contribution in [-0.2, 0) is 4.79 Å². The van der Waals surface area contributed by atoms with Gasteiger partial charge in [-0.3, -0.25) is 9.59 Å². The molecule has 2 aromatic carbocycles. The summed E-state index contributed by atoms with van der Waals surface area (Å²) < 4.78 is 0. The molecule has 0 aliphatic heterocycles. The molecule has 2 N–H and O–H groups in total. The molecule has 0 saturated carbocycles. The minimum absolute atomic E-state index is 0.108. The molecule has 5 heteroatoms. The first kappa shape index (κ1) is 20.8. The molecule has 2 aromatic rings. The number of allylic oxidation sites excluding steroid dienone is 1. The highest BCUT2D eigenvalue weighted by Crippen LogP contribution is 2.19. The highest BCUT2D eigenvalue weighted by atomic mass is 16.2. The predicted molar refractivity (Wildman–Crippen MR) is 118 cm³/mol. The van der Waals surface area contributed by atoms with Crippen molar-refractivity contribution in [3.8, 4) is 0 Å². The summed E-state index contributed by atoms with van der Waals surface area (Å²) in [5.41, 5.74) is 3.48. The van der Waals surface area contributed by atoms with Crippen molar-refractivity contribution in [2.45, 2.75) is 32.1 Å². The van der Waals surface area contributed by atoms with Crippen LogP contribution in [0, 0.1) is 0 Å². The van der Waals surface area contributed by atoms with Crippen molar-refractivity contribution < 1.29 is 9.59 Å². The largest absolute Gasteiger partial charge is 0.325 e. The molecule has 0 unspecified atom stereocenters. The van der Waals surface area contributed by atoms with Crippen molar-refractivity contribution in [3.63, 3.8) is 0 Å². The Morgan fingerprint density at radius 1 is 1.03 bits per heavy atom. The van der Waals surface area contributed by atoms with E-state index in [1.165, 1.54) is 31.3 Å². The van der Waals surface area contributed by atoms with Gasteiger partial charge in [0.05, 0.1) is 6.54 Å². The second-order valence-electron chi connectivity index (χ2n) is 7.36. The summed E-state index contributed by atoms with van der Waals surface area (Å²) in [7, 11) is 1.74. The van der Waals surface area contributed by atoms with E-state index in [1.54, 1.807) is 36.2 Å². The number of nitrogens with one attached hydrogen (secondary N) is 2. The second-order valence-corrected chi connectivity index (χ2v) is 7.36. The summed E-state index contributed by atoms with van der Waals surface area (Å²) in [4.78, 5) is 26.6. The smallest absolute Gasteiger partial charge is 0.258 e. The Labute approximate surface area is 172 Å². The fourth-order valence-electron chi connectivity index (χ4n) is 3.48. The van der Waals surface area contributed by atoms with E-state index >= 15 is 0 Å². The molecule has 0 bridgehead atoms. The van der Waals surface area contributed by atoms with Crippen molar-refractivity contribution in [1.82, 2.24) is 5.32 Å². The summed E-state index contributed by atoms with van der Waals surface area (Å²) in [5.74, 6) is -0.227. The Morgan fingerprint density at radius 2 is 1.86 bits per heavy atom. The van der Waals surface area contributed by atoms with Gasteiger partial charge in [-0.15, -0.1) is 0 Å². The van der Waals surface area contributed by atoms with Crippen LogP contribution in [0.5, 0.6) is 0 Å². The van der Waals surface area contributed by atoms with E-state index in [0.29, 0.717) is 11.3 Å². The van der Waals surface area contributed by atoms with E-state index in [-0.39, 0.29) is 18.4 Å². The molecule has 1 aliphatic carbocycles. The Morgan fingerprint density at radius 3 is 2.62 bits per heavy atom. The van der Waals surface area contributed by atoms with Crippen LogP contribution in [0.1, 0.15) is 42.5 Å². The molecule has 0 spiro atoms. The van der Waals surface area contributed by atoms with Crippen molar-refractivity contribution in [1.29, 1.82) is 0 Å². The Kier molecular flexibility index (Phi) is 7.59. The minimum Gasteiger partial charge on any atom is -0.325 e. The van der Waals surface area contributed by atoms with Crippen LogP contribution in [0.25, 0.3) is 0 Å². The Bertz CT molecular complexity index is 861. The monoisotopic (exact) mass is 391 g/mol. The number of rotatable bonds is 8. The van der Waals surface area contributed by atoms with Gasteiger partial charge in [-0.1, -0.05) is 35.9 Å². The lowest BCUT2D eigenvalue weighted by atomic mass is 9.97. The van der Waals surface area contributed by atoms with Crippen molar-refractivity contribution >= 4 is 23.2 Å². The number of anilines is 2. The summed E-state index contributed by atoms with van der Waals surface area (Å²) >= 11 is 0. The van der Waals surface area contributed by atoms with Crippen LogP contribution >= 0.6 is 0 Å². The molecule has 3 rings (SSSR count). The molecule has 0 atom stereocenters. The zero-order chi connectivity index (χ0) is 20.5. The first-order chi connectivity index (χ1) is 14.1. The molecule has 0 heterocycles. The molecule has 0 aromatic heterocycles. The number of para-hydroxylation sites is 1. The normalized spacial score (nSPS) is 13.5. The topological polar surface area (TPSA) is 61.4 Å². The zero-order valence-electron chi connectivity index (χ0n) is 17.0. The van der Waals surface area contributed by atoms with Gasteiger partial charge in [0.15, 0.2) is 0 Å². The van der Waals surface area contributed by atoms with E-state index in [0.717, 1.165) is 18.7 Å². The average molecular weight is 392 g/mol. The zero-order valence-corrected chi connectivity index (χ0v) is 17.0. The maximum atomic E-state index is 12.7. The fraction of sp³-hybridized carbons (Fsp3) is 0.333. The molecule has 1 aliphatic rings. The Hall–Kier alpha value is -2.92. The third-order valence-electron chi connectivity index (χ3n) is 5.13. The molecule has 0 saturated heterocycles. The predicted octanol–water partition coefficient (Wildman–Crippen LogP) is 4.38. The van der Waals surface area contributed by atoms with Gasteiger partial charge in [-0.2, -0.15) is 0 Å². The molecule has 0 radical (unpaired) electrons. The summed E-state index contributed by atoms with van der Waals surface area (Å²) in [6.45, 7) is 1.06. The molecule has 152 valence electrons. The van der Waals surface area contributed by atoms with E-state index in [4.69, 9.17) is 0 Å². The lowest BCUT2D eigenvalue weighted by Gasteiger charge is -2.18. The van der Waals surface area contributed by atoms with E-state index in [9.17, 15) is 9.59 Å². The van der Waals surface area contributed by atoms with Crippen molar-refractivity contribution in [3.05, 3.63) is 71.8 Å².